The van der Waals surface area contributed by atoms with Crippen molar-refractivity contribution in [1.29, 1.82) is 0 Å². The van der Waals surface area contributed by atoms with E-state index in [1.165, 1.54) is 17.0 Å². The van der Waals surface area contributed by atoms with Crippen molar-refractivity contribution in [2.75, 3.05) is 0 Å². The standard InChI is InChI=1S/C36H32BrN9O4/c1-4-5-10-29-28(17-23-11-13-24(14-12-23)26-8-6-7-9-27(26)33-42-44-45-43-33)35(47)46(22(3)40-29)36-38-18-25(19-39-36)48-20-30-21(2)49-34(41-30)31-15-16-32(37)50-31/h6-9,11-16,18-19H,4-5,10,17,20H2,1-3H3,(H,42,43,44,45). The van der Waals surface area contributed by atoms with Gasteiger partial charge in [-0.3, -0.25) is 4.79 Å². The molecule has 0 saturated heterocycles. The molecule has 0 unspecified atom stereocenters. The number of hydrogen-bond donors (Lipinski definition) is 1. The summed E-state index contributed by atoms with van der Waals surface area (Å²) < 4.78 is 19.2. The minimum absolute atomic E-state index is 0.137. The third-order valence-electron chi connectivity index (χ3n) is 8.22. The molecule has 0 radical (unpaired) electrons. The van der Waals surface area contributed by atoms with Gasteiger partial charge in [-0.1, -0.05) is 61.9 Å². The summed E-state index contributed by atoms with van der Waals surface area (Å²) >= 11 is 3.29. The van der Waals surface area contributed by atoms with Gasteiger partial charge in [-0.15, -0.1) is 10.2 Å². The third kappa shape index (κ3) is 6.87. The number of rotatable bonds is 12. The first-order valence-electron chi connectivity index (χ1n) is 16.1. The SMILES string of the molecule is CCCCc1nc(C)n(-c2ncc(OCc3nc(-c4ccc(Br)o4)oc3C)cn2)c(=O)c1Cc1ccc(-c2ccccc2-c2nn[nH]n2)cc1. The second-order valence-corrected chi connectivity index (χ2v) is 12.4. The lowest BCUT2D eigenvalue weighted by Gasteiger charge is -2.15. The van der Waals surface area contributed by atoms with Crippen LogP contribution in [-0.2, 0) is 19.4 Å². The number of aryl methyl sites for hydroxylation is 3. The first-order chi connectivity index (χ1) is 24.4. The Hall–Kier alpha value is -5.76. The van der Waals surface area contributed by atoms with Crippen LogP contribution in [0.2, 0.25) is 0 Å². The maximum atomic E-state index is 14.2. The Bertz CT molecular complexity index is 2290. The van der Waals surface area contributed by atoms with Gasteiger partial charge in [0.05, 0.1) is 18.1 Å². The van der Waals surface area contributed by atoms with Crippen molar-refractivity contribution in [1.82, 2.24) is 45.1 Å². The molecule has 252 valence electrons. The molecule has 0 aliphatic rings. The number of aromatic amines is 1. The van der Waals surface area contributed by atoms with E-state index in [2.05, 4.69) is 58.4 Å². The van der Waals surface area contributed by atoms with Gasteiger partial charge in [0.25, 0.3) is 11.4 Å². The number of benzene rings is 2. The maximum absolute atomic E-state index is 14.2. The molecule has 2 aromatic carbocycles. The summed E-state index contributed by atoms with van der Waals surface area (Å²) in [6.07, 6.45) is 6.08. The number of tetrazole rings is 1. The molecule has 0 aliphatic carbocycles. The Balaban J connectivity index is 1.12. The molecule has 0 saturated carbocycles. The molecule has 5 aromatic heterocycles. The van der Waals surface area contributed by atoms with Crippen LogP contribution in [0.5, 0.6) is 5.75 Å². The van der Waals surface area contributed by atoms with Gasteiger partial charge in [0.2, 0.25) is 11.8 Å². The fraction of sp³-hybridized carbons (Fsp3) is 0.222. The largest absolute Gasteiger partial charge is 0.484 e. The quantitative estimate of drug-likeness (QED) is 0.137. The first-order valence-corrected chi connectivity index (χ1v) is 16.9. The van der Waals surface area contributed by atoms with Crippen LogP contribution in [0.4, 0.5) is 0 Å². The second kappa shape index (κ2) is 14.4. The number of nitrogens with one attached hydrogen (secondary N) is 1. The number of halogens is 1. The number of aromatic nitrogens is 9. The van der Waals surface area contributed by atoms with Crippen LogP contribution in [0, 0.1) is 13.8 Å². The second-order valence-electron chi connectivity index (χ2n) is 11.6. The lowest BCUT2D eigenvalue weighted by molar-refractivity contribution is 0.297. The number of unbranched alkanes of at least 4 members (excludes halogenated alkanes) is 1. The van der Waals surface area contributed by atoms with Crippen LogP contribution >= 0.6 is 15.9 Å². The lowest BCUT2D eigenvalue weighted by Crippen LogP contribution is -2.29. The van der Waals surface area contributed by atoms with E-state index in [9.17, 15) is 4.79 Å². The van der Waals surface area contributed by atoms with E-state index in [-0.39, 0.29) is 18.1 Å². The predicted octanol–water partition coefficient (Wildman–Crippen LogP) is 7.01. The molecular formula is C36H32BrN9O4. The van der Waals surface area contributed by atoms with E-state index in [1.54, 1.807) is 19.1 Å². The molecular weight excluding hydrogens is 702 g/mol. The summed E-state index contributed by atoms with van der Waals surface area (Å²) in [5.41, 5.74) is 5.67. The van der Waals surface area contributed by atoms with Gasteiger partial charge in [-0.2, -0.15) is 5.21 Å². The van der Waals surface area contributed by atoms with Crippen LogP contribution in [-0.4, -0.2) is 45.1 Å². The van der Waals surface area contributed by atoms with Gasteiger partial charge in [0, 0.05) is 17.5 Å². The normalized spacial score (nSPS) is 11.3. The molecule has 0 bridgehead atoms. The molecule has 0 aliphatic heterocycles. The number of H-pyrrole nitrogens is 1. The molecule has 13 nitrogen and oxygen atoms in total. The number of furan rings is 1. The molecule has 0 atom stereocenters. The highest BCUT2D eigenvalue weighted by atomic mass is 79.9. The van der Waals surface area contributed by atoms with Gasteiger partial charge < -0.3 is 13.6 Å². The highest BCUT2D eigenvalue weighted by Gasteiger charge is 2.19. The van der Waals surface area contributed by atoms with Gasteiger partial charge in [-0.05, 0) is 76.7 Å². The van der Waals surface area contributed by atoms with Crippen molar-refractivity contribution in [3.05, 3.63) is 122 Å². The lowest BCUT2D eigenvalue weighted by atomic mass is 9.96. The Labute approximate surface area is 295 Å². The number of oxazole rings is 1. The van der Waals surface area contributed by atoms with E-state index in [0.717, 1.165) is 40.8 Å². The fourth-order valence-corrected chi connectivity index (χ4v) is 5.95. The smallest absolute Gasteiger partial charge is 0.264 e. The number of hydrogen-bond acceptors (Lipinski definition) is 11. The summed E-state index contributed by atoms with van der Waals surface area (Å²) in [6.45, 7) is 5.87. The molecule has 0 amide bonds. The highest BCUT2D eigenvalue weighted by molar-refractivity contribution is 9.10. The minimum Gasteiger partial charge on any atom is -0.484 e. The van der Waals surface area contributed by atoms with Crippen molar-refractivity contribution in [2.24, 2.45) is 0 Å². The summed E-state index contributed by atoms with van der Waals surface area (Å²) in [5.74, 6) is 3.15. The average Bonchev–Trinajstić information content (AvgIpc) is 3.91. The fourth-order valence-electron chi connectivity index (χ4n) is 5.64. The van der Waals surface area contributed by atoms with Crippen molar-refractivity contribution < 1.29 is 13.6 Å². The molecule has 7 aromatic rings. The zero-order valence-electron chi connectivity index (χ0n) is 27.6. The summed E-state index contributed by atoms with van der Waals surface area (Å²) in [5, 5.41) is 14.5. The van der Waals surface area contributed by atoms with Gasteiger partial charge in [0.1, 0.15) is 23.9 Å². The van der Waals surface area contributed by atoms with Crippen LogP contribution in [0.1, 0.15) is 53.9 Å². The van der Waals surface area contributed by atoms with Gasteiger partial charge in [-0.25, -0.2) is 24.5 Å². The van der Waals surface area contributed by atoms with Gasteiger partial charge in [0.15, 0.2) is 16.2 Å². The summed E-state index contributed by atoms with van der Waals surface area (Å²) in [4.78, 5) is 32.5. The Morgan fingerprint density at radius 3 is 2.40 bits per heavy atom. The number of nitrogens with zero attached hydrogens (tertiary/aromatic N) is 8. The van der Waals surface area contributed by atoms with E-state index in [0.29, 0.717) is 63.6 Å². The summed E-state index contributed by atoms with van der Waals surface area (Å²) in [7, 11) is 0. The Kier molecular flexibility index (Phi) is 9.43. The van der Waals surface area contributed by atoms with Crippen LogP contribution in [0.25, 0.3) is 40.1 Å². The molecule has 50 heavy (non-hydrogen) atoms. The van der Waals surface area contributed by atoms with Crippen molar-refractivity contribution in [2.45, 2.75) is 53.1 Å². The Morgan fingerprint density at radius 2 is 1.70 bits per heavy atom. The van der Waals surface area contributed by atoms with Gasteiger partial charge >= 0.3 is 0 Å². The minimum atomic E-state index is -0.195. The van der Waals surface area contributed by atoms with E-state index in [1.807, 2.05) is 55.5 Å². The molecule has 0 fully saturated rings. The molecule has 1 N–H and O–H groups in total. The van der Waals surface area contributed by atoms with Crippen molar-refractivity contribution in [3.63, 3.8) is 0 Å². The summed E-state index contributed by atoms with van der Waals surface area (Å²) in [6, 6.07) is 19.6. The zero-order chi connectivity index (χ0) is 34.6. The third-order valence-corrected chi connectivity index (χ3v) is 8.65. The van der Waals surface area contributed by atoms with Crippen LogP contribution in [0.3, 0.4) is 0 Å². The number of ether oxygens (including phenoxy) is 1. The first kappa shape index (κ1) is 32.8. The maximum Gasteiger partial charge on any atom is 0.264 e. The highest BCUT2D eigenvalue weighted by Crippen LogP contribution is 2.30. The zero-order valence-corrected chi connectivity index (χ0v) is 29.1. The van der Waals surface area contributed by atoms with Crippen molar-refractivity contribution >= 4 is 15.9 Å². The van der Waals surface area contributed by atoms with E-state index < -0.39 is 0 Å². The van der Waals surface area contributed by atoms with E-state index >= 15 is 0 Å². The van der Waals surface area contributed by atoms with Crippen LogP contribution < -0.4 is 10.3 Å². The molecule has 0 spiro atoms. The molecule has 5 heterocycles. The topological polar surface area (TPSA) is 164 Å². The predicted molar refractivity (Wildman–Crippen MR) is 188 cm³/mol. The van der Waals surface area contributed by atoms with E-state index in [4.69, 9.17) is 18.6 Å². The molecule has 7 rings (SSSR count). The van der Waals surface area contributed by atoms with Crippen LogP contribution in [0.15, 0.2) is 91.4 Å². The van der Waals surface area contributed by atoms with Crippen molar-refractivity contribution in [3.8, 4) is 45.9 Å². The molecule has 14 heteroatoms. The average molecular weight is 735 g/mol. The monoisotopic (exact) mass is 733 g/mol. The Morgan fingerprint density at radius 1 is 0.920 bits per heavy atom.